The van der Waals surface area contributed by atoms with Crippen LogP contribution in [0.3, 0.4) is 0 Å². The van der Waals surface area contributed by atoms with Crippen molar-refractivity contribution in [1.82, 2.24) is 15.3 Å². The van der Waals surface area contributed by atoms with Gasteiger partial charge in [0.25, 0.3) is 5.91 Å². The highest BCUT2D eigenvalue weighted by Gasteiger charge is 2.21. The van der Waals surface area contributed by atoms with Gasteiger partial charge < -0.3 is 15.0 Å². The summed E-state index contributed by atoms with van der Waals surface area (Å²) in [6.07, 6.45) is 5.60. The molecular formula is C21H24N4O2S2. The van der Waals surface area contributed by atoms with Crippen molar-refractivity contribution in [3.05, 3.63) is 40.8 Å². The second-order valence-electron chi connectivity index (χ2n) is 6.91. The monoisotopic (exact) mass is 428 g/mol. The van der Waals surface area contributed by atoms with Crippen LogP contribution in [0.15, 0.2) is 35.5 Å². The molecule has 0 radical (unpaired) electrons. The smallest absolute Gasteiger partial charge is 0.261 e. The summed E-state index contributed by atoms with van der Waals surface area (Å²) >= 11 is 2.96. The number of aromatic nitrogens is 2. The Morgan fingerprint density at radius 1 is 1.24 bits per heavy atom. The lowest BCUT2D eigenvalue weighted by Crippen LogP contribution is -2.30. The van der Waals surface area contributed by atoms with Crippen molar-refractivity contribution in [2.24, 2.45) is 0 Å². The number of carbonyl (C=O) groups is 1. The van der Waals surface area contributed by atoms with E-state index in [1.807, 2.05) is 36.6 Å². The lowest BCUT2D eigenvalue weighted by atomic mass is 10.1. The van der Waals surface area contributed by atoms with Gasteiger partial charge in [0, 0.05) is 25.2 Å². The Bertz CT molecular complexity index is 1020. The number of nitrogens with one attached hydrogen (secondary N) is 1. The number of hydrogen-bond donors (Lipinski definition) is 1. The van der Waals surface area contributed by atoms with Crippen LogP contribution in [0, 0.1) is 0 Å². The van der Waals surface area contributed by atoms with Crippen LogP contribution in [0.2, 0.25) is 0 Å². The lowest BCUT2D eigenvalue weighted by Gasteiger charge is -2.28. The molecule has 1 fully saturated rings. The van der Waals surface area contributed by atoms with Gasteiger partial charge in [-0.25, -0.2) is 9.97 Å². The molecule has 1 saturated heterocycles. The van der Waals surface area contributed by atoms with Crippen molar-refractivity contribution in [3.63, 3.8) is 0 Å². The lowest BCUT2D eigenvalue weighted by molar-refractivity contribution is 0.0955. The van der Waals surface area contributed by atoms with E-state index in [9.17, 15) is 4.79 Å². The Hall–Kier alpha value is -2.32. The second-order valence-corrected chi connectivity index (χ2v) is 8.71. The van der Waals surface area contributed by atoms with Crippen molar-refractivity contribution < 1.29 is 9.53 Å². The van der Waals surface area contributed by atoms with Gasteiger partial charge in [-0.2, -0.15) is 0 Å². The number of nitrogens with zero attached hydrogens (tertiary/aromatic N) is 3. The first-order valence-electron chi connectivity index (χ1n) is 9.70. The number of thiophene rings is 1. The van der Waals surface area contributed by atoms with Gasteiger partial charge in [-0.1, -0.05) is 30.0 Å². The predicted octanol–water partition coefficient (Wildman–Crippen LogP) is 4.34. The van der Waals surface area contributed by atoms with Gasteiger partial charge in [0.05, 0.1) is 17.4 Å². The minimum atomic E-state index is -0.103. The van der Waals surface area contributed by atoms with Crippen molar-refractivity contribution in [1.29, 1.82) is 0 Å². The first-order valence-corrected chi connectivity index (χ1v) is 11.7. The molecule has 0 atom stereocenters. The summed E-state index contributed by atoms with van der Waals surface area (Å²) in [5.41, 5.74) is 0.947. The molecule has 29 heavy (non-hydrogen) atoms. The zero-order valence-electron chi connectivity index (χ0n) is 16.6. The SMILES string of the molecule is COc1ccccc1CNC(=O)c1cc2c(N3CCCCC3)nc(SC)nc2s1. The van der Waals surface area contributed by atoms with Crippen LogP contribution >= 0.6 is 23.1 Å². The molecule has 1 aliphatic rings. The third-order valence-corrected chi connectivity index (χ3v) is 6.62. The first kappa shape index (κ1) is 20.0. The summed E-state index contributed by atoms with van der Waals surface area (Å²) < 4.78 is 5.36. The molecule has 0 unspecified atom stereocenters. The normalized spacial score (nSPS) is 14.2. The van der Waals surface area contributed by atoms with Gasteiger partial charge in [-0.3, -0.25) is 4.79 Å². The molecule has 1 aromatic carbocycles. The zero-order valence-corrected chi connectivity index (χ0v) is 18.2. The Morgan fingerprint density at radius 2 is 2.03 bits per heavy atom. The van der Waals surface area contributed by atoms with Gasteiger partial charge in [-0.05, 0) is 37.7 Å². The highest BCUT2D eigenvalue weighted by atomic mass is 32.2. The number of hydrogen-bond acceptors (Lipinski definition) is 7. The number of thioether (sulfide) groups is 1. The molecule has 0 bridgehead atoms. The largest absolute Gasteiger partial charge is 0.496 e. The van der Waals surface area contributed by atoms with Crippen LogP contribution in [0.5, 0.6) is 5.75 Å². The van der Waals surface area contributed by atoms with E-state index < -0.39 is 0 Å². The number of para-hydroxylation sites is 1. The van der Waals surface area contributed by atoms with Gasteiger partial charge >= 0.3 is 0 Å². The molecule has 1 N–H and O–H groups in total. The first-order chi connectivity index (χ1) is 14.2. The number of methoxy groups -OCH3 is 1. The summed E-state index contributed by atoms with van der Waals surface area (Å²) in [4.78, 5) is 26.1. The maximum Gasteiger partial charge on any atom is 0.261 e. The number of ether oxygens (including phenoxy) is 1. The molecule has 6 nitrogen and oxygen atoms in total. The van der Waals surface area contributed by atoms with E-state index in [2.05, 4.69) is 15.2 Å². The summed E-state index contributed by atoms with van der Waals surface area (Å²) in [7, 11) is 1.64. The van der Waals surface area contributed by atoms with Crippen molar-refractivity contribution in [2.45, 2.75) is 31.0 Å². The van der Waals surface area contributed by atoms with Crippen LogP contribution in [-0.4, -0.2) is 42.3 Å². The van der Waals surface area contributed by atoms with Crippen LogP contribution in [-0.2, 0) is 6.54 Å². The molecule has 0 saturated carbocycles. The maximum atomic E-state index is 12.8. The van der Waals surface area contributed by atoms with Crippen molar-refractivity contribution in [3.8, 4) is 5.75 Å². The van der Waals surface area contributed by atoms with E-state index in [1.165, 1.54) is 42.4 Å². The van der Waals surface area contributed by atoms with Gasteiger partial charge in [-0.15, -0.1) is 11.3 Å². The number of rotatable bonds is 6. The predicted molar refractivity (Wildman–Crippen MR) is 119 cm³/mol. The highest BCUT2D eigenvalue weighted by Crippen LogP contribution is 2.34. The van der Waals surface area contributed by atoms with E-state index in [4.69, 9.17) is 9.72 Å². The fourth-order valence-corrected chi connectivity index (χ4v) is 4.91. The van der Waals surface area contributed by atoms with E-state index in [1.54, 1.807) is 7.11 Å². The van der Waals surface area contributed by atoms with Crippen molar-refractivity contribution >= 4 is 45.0 Å². The second kappa shape index (κ2) is 9.00. The summed E-state index contributed by atoms with van der Waals surface area (Å²) in [5.74, 6) is 1.63. The minimum Gasteiger partial charge on any atom is -0.496 e. The number of carbonyl (C=O) groups excluding carboxylic acids is 1. The molecule has 8 heteroatoms. The van der Waals surface area contributed by atoms with Gasteiger partial charge in [0.15, 0.2) is 5.16 Å². The average Bonchev–Trinajstić information content (AvgIpc) is 3.21. The molecule has 0 spiro atoms. The Morgan fingerprint density at radius 3 is 2.79 bits per heavy atom. The number of fused-ring (bicyclic) bond motifs is 1. The molecule has 1 aliphatic heterocycles. The number of amides is 1. The van der Waals surface area contributed by atoms with Crippen LogP contribution < -0.4 is 15.0 Å². The van der Waals surface area contributed by atoms with E-state index >= 15 is 0 Å². The summed E-state index contributed by atoms with van der Waals surface area (Å²) in [5, 5.41) is 4.72. The van der Waals surface area contributed by atoms with Crippen LogP contribution in [0.1, 0.15) is 34.5 Å². The standard InChI is InChI=1S/C21H24N4O2S2/c1-27-16-9-5-4-8-14(16)13-22-19(26)17-12-15-18(25-10-6-3-7-11-25)23-21(28-2)24-20(15)29-17/h4-5,8-9,12H,3,6-7,10-11,13H2,1-2H3,(H,22,26). The third kappa shape index (κ3) is 4.33. The Labute approximate surface area is 178 Å². The van der Waals surface area contributed by atoms with E-state index in [-0.39, 0.29) is 5.91 Å². The third-order valence-electron chi connectivity index (χ3n) is 5.05. The number of piperidine rings is 1. The molecule has 2 aromatic heterocycles. The minimum absolute atomic E-state index is 0.103. The van der Waals surface area contributed by atoms with Crippen LogP contribution in [0.25, 0.3) is 10.2 Å². The summed E-state index contributed by atoms with van der Waals surface area (Å²) in [6.45, 7) is 2.42. The average molecular weight is 429 g/mol. The Balaban J connectivity index is 1.59. The molecule has 0 aliphatic carbocycles. The molecule has 4 rings (SSSR count). The number of anilines is 1. The molecular weight excluding hydrogens is 404 g/mol. The fraction of sp³-hybridized carbons (Fsp3) is 0.381. The maximum absolute atomic E-state index is 12.8. The van der Waals surface area contributed by atoms with E-state index in [0.29, 0.717) is 11.4 Å². The van der Waals surface area contributed by atoms with Crippen LogP contribution in [0.4, 0.5) is 5.82 Å². The molecule has 1 amide bonds. The van der Waals surface area contributed by atoms with Gasteiger partial charge in [0.1, 0.15) is 16.4 Å². The summed E-state index contributed by atoms with van der Waals surface area (Å²) in [6, 6.07) is 9.64. The van der Waals surface area contributed by atoms with Gasteiger partial charge in [0.2, 0.25) is 0 Å². The zero-order chi connectivity index (χ0) is 20.2. The molecule has 3 aromatic rings. The topological polar surface area (TPSA) is 67.3 Å². The van der Waals surface area contributed by atoms with E-state index in [0.717, 1.165) is 45.6 Å². The quantitative estimate of drug-likeness (QED) is 0.465. The highest BCUT2D eigenvalue weighted by molar-refractivity contribution is 7.98. The molecule has 3 heterocycles. The molecule has 152 valence electrons. The van der Waals surface area contributed by atoms with Crippen molar-refractivity contribution in [2.75, 3.05) is 31.4 Å². The fourth-order valence-electron chi connectivity index (χ4n) is 3.55. The Kier molecular flexibility index (Phi) is 6.20. The number of benzene rings is 1.